The van der Waals surface area contributed by atoms with Crippen LogP contribution in [-0.2, 0) is 24.9 Å². The third-order valence-electron chi connectivity index (χ3n) is 21.0. The highest BCUT2D eigenvalue weighted by atomic mass is 15.0. The normalized spacial score (nSPS) is 13.0. The maximum atomic E-state index is 2.73. The molecule has 0 saturated carbocycles. The summed E-state index contributed by atoms with van der Waals surface area (Å²) in [7, 11) is 4.39. The van der Waals surface area contributed by atoms with Gasteiger partial charge in [0.2, 0.25) is 0 Å². The lowest BCUT2D eigenvalue weighted by Gasteiger charge is -2.35. The van der Waals surface area contributed by atoms with Crippen molar-refractivity contribution < 1.29 is 0 Å². The van der Waals surface area contributed by atoms with Crippen LogP contribution >= 0.6 is 0 Å². The monoisotopic (exact) mass is 1160 g/mol. The molecule has 6 heterocycles. The number of aryl methyl sites for hydroxylation is 2. The van der Waals surface area contributed by atoms with E-state index in [9.17, 15) is 0 Å². The fourth-order valence-corrected chi connectivity index (χ4v) is 16.8. The second-order valence-electron chi connectivity index (χ2n) is 28.1. The summed E-state index contributed by atoms with van der Waals surface area (Å²) in [5.41, 5.74) is 28.5. The molecule has 91 heavy (non-hydrogen) atoms. The van der Waals surface area contributed by atoms with E-state index in [1.54, 1.807) is 0 Å². The highest BCUT2D eigenvalue weighted by Gasteiger charge is 2.43. The fourth-order valence-electron chi connectivity index (χ4n) is 16.8. The molecule has 4 aromatic heterocycles. The van der Waals surface area contributed by atoms with Crippen LogP contribution in [0.2, 0.25) is 0 Å². The number of aromatic nitrogens is 4. The van der Waals surface area contributed by atoms with Crippen LogP contribution in [0, 0.1) is 0 Å². The van der Waals surface area contributed by atoms with Crippen molar-refractivity contribution in [3.63, 3.8) is 0 Å². The number of nitrogens with zero attached hydrogens (tertiary/aromatic N) is 4. The summed E-state index contributed by atoms with van der Waals surface area (Å²) in [5.74, 6) is 0. The Morgan fingerprint density at radius 1 is 0.297 bits per heavy atom. The Balaban J connectivity index is 1.04. The Hall–Kier alpha value is -10.6. The lowest BCUT2D eigenvalue weighted by atomic mass is 9.34. The standard InChI is InChI=1S/C86H65BN4/c1-85(2,3)53-37-39-75-66(45-53)67-46-54(86(4,5)6)47-72-83(67)90(75)77-43-52(79-63(69-48-88(7)73-35-20-18-30-60(69)73)33-22-34-64(79)70-49-89(8)74-36-21-19-31-61(70)74)44-78-82(77)87(72)71-42-51(56-26-13-12-25-55(56)50-23-10-9-11-24-50)41-68-81-76(91(78)84(68)71)40-38-65-59-29-15-14-27-57(59)58-28-16-17-32-62(58)80(65)81/h9-49H,1-8H3. The van der Waals surface area contributed by atoms with E-state index in [1.807, 2.05) is 0 Å². The molecule has 0 bridgehead atoms. The predicted molar refractivity (Wildman–Crippen MR) is 390 cm³/mol. The van der Waals surface area contributed by atoms with Crippen LogP contribution in [0.3, 0.4) is 0 Å². The van der Waals surface area contributed by atoms with Crippen molar-refractivity contribution in [2.24, 2.45) is 14.1 Å². The number of rotatable bonds is 5. The molecule has 0 N–H and O–H groups in total. The molecule has 0 atom stereocenters. The minimum absolute atomic E-state index is 0.0608. The molecule has 0 spiro atoms. The Kier molecular flexibility index (Phi) is 10.6. The molecular weight excluding hydrogens is 1100 g/mol. The molecule has 0 radical (unpaired) electrons. The zero-order chi connectivity index (χ0) is 61.1. The molecule has 2 aliphatic heterocycles. The summed E-state index contributed by atoms with van der Waals surface area (Å²) in [6, 6.07) is 91.1. The maximum Gasteiger partial charge on any atom is 0.252 e. The molecule has 17 aromatic rings. The second-order valence-corrected chi connectivity index (χ2v) is 28.1. The van der Waals surface area contributed by atoms with Gasteiger partial charge in [-0.1, -0.05) is 224 Å². The minimum atomic E-state index is -0.144. The molecule has 5 heteroatoms. The third kappa shape index (κ3) is 7.23. The number of hydrogen-bond acceptors (Lipinski definition) is 0. The van der Waals surface area contributed by atoms with Crippen molar-refractivity contribution in [3.8, 4) is 67.0 Å². The molecule has 0 aliphatic carbocycles. The van der Waals surface area contributed by atoms with E-state index in [4.69, 9.17) is 0 Å². The number of hydrogen-bond donors (Lipinski definition) is 0. The molecule has 432 valence electrons. The topological polar surface area (TPSA) is 19.7 Å². The molecule has 0 unspecified atom stereocenters. The van der Waals surface area contributed by atoms with Crippen LogP contribution in [0.1, 0.15) is 52.7 Å². The zero-order valence-electron chi connectivity index (χ0n) is 52.5. The molecular formula is C86H65BN4. The predicted octanol–water partition coefficient (Wildman–Crippen LogP) is 20.4. The molecule has 0 amide bonds. The first kappa shape index (κ1) is 52.3. The van der Waals surface area contributed by atoms with Crippen molar-refractivity contribution in [1.82, 2.24) is 18.3 Å². The van der Waals surface area contributed by atoms with Crippen LogP contribution < -0.4 is 16.4 Å². The largest absolute Gasteiger partial charge is 0.350 e. The average Bonchev–Trinajstić information content (AvgIpc) is 1.56. The minimum Gasteiger partial charge on any atom is -0.350 e. The van der Waals surface area contributed by atoms with Crippen LogP contribution in [0.15, 0.2) is 249 Å². The van der Waals surface area contributed by atoms with Crippen LogP contribution in [0.25, 0.3) is 165 Å². The molecule has 19 rings (SSSR count). The van der Waals surface area contributed by atoms with Gasteiger partial charge in [0.1, 0.15) is 0 Å². The number of fused-ring (bicyclic) bond motifs is 19. The number of para-hydroxylation sites is 2. The van der Waals surface area contributed by atoms with Crippen molar-refractivity contribution in [3.05, 3.63) is 260 Å². The molecule has 0 fully saturated rings. The smallest absolute Gasteiger partial charge is 0.252 e. The molecule has 13 aromatic carbocycles. The van der Waals surface area contributed by atoms with E-state index in [0.717, 1.165) is 0 Å². The Bertz CT molecular complexity index is 5930. The fraction of sp³-hybridized carbons (Fsp3) is 0.116. The van der Waals surface area contributed by atoms with Crippen molar-refractivity contribution in [2.45, 2.75) is 52.4 Å². The van der Waals surface area contributed by atoms with E-state index in [0.29, 0.717) is 0 Å². The van der Waals surface area contributed by atoms with E-state index in [1.165, 1.54) is 192 Å². The van der Waals surface area contributed by atoms with Crippen molar-refractivity contribution in [1.29, 1.82) is 0 Å². The highest BCUT2D eigenvalue weighted by molar-refractivity contribution is 7.00. The average molecular weight is 1170 g/mol. The van der Waals surface area contributed by atoms with Crippen molar-refractivity contribution in [2.75, 3.05) is 0 Å². The lowest BCUT2D eigenvalue weighted by Crippen LogP contribution is -2.59. The van der Waals surface area contributed by atoms with Gasteiger partial charge in [-0.2, -0.15) is 0 Å². The van der Waals surface area contributed by atoms with Gasteiger partial charge in [0.25, 0.3) is 6.71 Å². The SMILES string of the molecule is Cn1cc(-c2cccc(-c3cn(C)c4ccccc34)c2-c2cc3c4c(c2)-n2c5ccc6c7ccccc7c7ccccc7c6c5c5cc(-c6ccccc6-c6ccccc6)cc(c52)B4c2cc(C(C)(C)C)cc4c5cc(C(C)(C)C)ccc5n-3c24)c2ccccc21. The summed E-state index contributed by atoms with van der Waals surface area (Å²) in [4.78, 5) is 0. The van der Waals surface area contributed by atoms with Crippen molar-refractivity contribution >= 4 is 121 Å². The Morgan fingerprint density at radius 3 is 1.41 bits per heavy atom. The van der Waals surface area contributed by atoms with E-state index in [2.05, 4.69) is 323 Å². The van der Waals surface area contributed by atoms with Gasteiger partial charge in [0.05, 0.1) is 11.0 Å². The summed E-state index contributed by atoms with van der Waals surface area (Å²) < 4.78 is 10.0. The number of benzene rings is 13. The van der Waals surface area contributed by atoms with Gasteiger partial charge in [-0.25, -0.2) is 0 Å². The van der Waals surface area contributed by atoms with Gasteiger partial charge >= 0.3 is 0 Å². The summed E-state index contributed by atoms with van der Waals surface area (Å²) in [5, 5.41) is 15.3. The first-order valence-electron chi connectivity index (χ1n) is 32.3. The Morgan fingerprint density at radius 2 is 0.780 bits per heavy atom. The Labute approximate surface area is 529 Å². The molecule has 2 aliphatic rings. The maximum absolute atomic E-state index is 2.73. The quantitative estimate of drug-likeness (QED) is 0.121. The van der Waals surface area contributed by atoms with Crippen LogP contribution in [0.4, 0.5) is 0 Å². The first-order valence-corrected chi connectivity index (χ1v) is 32.3. The summed E-state index contributed by atoms with van der Waals surface area (Å²) in [6.07, 6.45) is 4.72. The van der Waals surface area contributed by atoms with Crippen LogP contribution in [-0.4, -0.2) is 25.0 Å². The lowest BCUT2D eigenvalue weighted by molar-refractivity contribution is 0.590. The van der Waals surface area contributed by atoms with E-state index >= 15 is 0 Å². The van der Waals surface area contributed by atoms with Gasteiger partial charge in [-0.15, -0.1) is 0 Å². The third-order valence-corrected chi connectivity index (χ3v) is 21.0. The van der Waals surface area contributed by atoms with E-state index in [-0.39, 0.29) is 17.5 Å². The van der Waals surface area contributed by atoms with Gasteiger partial charge in [0.15, 0.2) is 0 Å². The first-order chi connectivity index (χ1) is 44.3. The van der Waals surface area contributed by atoms with Crippen LogP contribution in [0.5, 0.6) is 0 Å². The van der Waals surface area contributed by atoms with Gasteiger partial charge in [-0.05, 0) is 164 Å². The van der Waals surface area contributed by atoms with Gasteiger partial charge in [-0.3, -0.25) is 0 Å². The van der Waals surface area contributed by atoms with Gasteiger partial charge < -0.3 is 18.3 Å². The second kappa shape index (κ2) is 18.5. The van der Waals surface area contributed by atoms with E-state index < -0.39 is 0 Å². The molecule has 4 nitrogen and oxygen atoms in total. The highest BCUT2D eigenvalue weighted by Crippen LogP contribution is 2.51. The zero-order valence-corrected chi connectivity index (χ0v) is 52.5. The summed E-state index contributed by atoms with van der Waals surface area (Å²) >= 11 is 0. The van der Waals surface area contributed by atoms with Gasteiger partial charge in [0, 0.05) is 109 Å². The summed E-state index contributed by atoms with van der Waals surface area (Å²) in [6.45, 7) is 14.1. The molecule has 0 saturated heterocycles.